The van der Waals surface area contributed by atoms with Crippen LogP contribution >= 0.6 is 11.6 Å². The maximum absolute atomic E-state index is 9.70. The molecule has 7 heteroatoms. The summed E-state index contributed by atoms with van der Waals surface area (Å²) in [6, 6.07) is 14.6. The fourth-order valence-corrected chi connectivity index (χ4v) is 3.19. The van der Waals surface area contributed by atoms with Crippen LogP contribution in [0.4, 0.5) is 5.82 Å². The van der Waals surface area contributed by atoms with Gasteiger partial charge in [-0.1, -0.05) is 29.8 Å². The van der Waals surface area contributed by atoms with E-state index >= 15 is 0 Å². The van der Waals surface area contributed by atoms with E-state index < -0.39 is 0 Å². The lowest BCUT2D eigenvalue weighted by Gasteiger charge is -2.17. The number of ether oxygens (including phenoxy) is 3. The number of methoxy groups -OCH3 is 3. The monoisotopic (exact) mass is 395 g/mol. The molecule has 0 aliphatic carbocycles. The number of halogens is 1. The first-order valence-corrected chi connectivity index (χ1v) is 8.67. The molecule has 0 amide bonds. The van der Waals surface area contributed by atoms with Crippen LogP contribution in [0.2, 0.25) is 5.02 Å². The summed E-state index contributed by atoms with van der Waals surface area (Å²) < 4.78 is 16.4. The van der Waals surface area contributed by atoms with Crippen molar-refractivity contribution in [2.45, 2.75) is 0 Å². The van der Waals surface area contributed by atoms with Gasteiger partial charge in [-0.05, 0) is 12.1 Å². The van der Waals surface area contributed by atoms with Crippen LogP contribution in [0, 0.1) is 11.3 Å². The van der Waals surface area contributed by atoms with E-state index in [1.807, 2.05) is 18.2 Å². The van der Waals surface area contributed by atoms with E-state index in [0.29, 0.717) is 44.7 Å². The highest BCUT2D eigenvalue weighted by Crippen LogP contribution is 2.45. The summed E-state index contributed by atoms with van der Waals surface area (Å²) in [6.07, 6.45) is 0. The molecule has 2 aromatic carbocycles. The van der Waals surface area contributed by atoms with E-state index in [1.54, 1.807) is 31.4 Å². The Morgan fingerprint density at radius 3 is 2.14 bits per heavy atom. The minimum atomic E-state index is 0.0924. The van der Waals surface area contributed by atoms with E-state index in [1.165, 1.54) is 14.2 Å². The van der Waals surface area contributed by atoms with E-state index in [4.69, 9.17) is 31.5 Å². The molecule has 2 N–H and O–H groups in total. The first-order valence-electron chi connectivity index (χ1n) is 8.29. The van der Waals surface area contributed by atoms with Crippen LogP contribution in [-0.2, 0) is 0 Å². The SMILES string of the molecule is COc1cc(OC)c(-c2cc(-c3ccccc3Cl)nc(N)c2C#N)c(OC)c1. The molecule has 28 heavy (non-hydrogen) atoms. The fraction of sp³-hybridized carbons (Fsp3) is 0.143. The van der Waals surface area contributed by atoms with Crippen LogP contribution < -0.4 is 19.9 Å². The van der Waals surface area contributed by atoms with Crippen LogP contribution in [0.1, 0.15) is 5.56 Å². The van der Waals surface area contributed by atoms with Crippen LogP contribution in [-0.4, -0.2) is 26.3 Å². The number of nitriles is 1. The summed E-state index contributed by atoms with van der Waals surface area (Å²) >= 11 is 6.33. The summed E-state index contributed by atoms with van der Waals surface area (Å²) in [7, 11) is 4.61. The molecule has 0 aliphatic heterocycles. The van der Waals surface area contributed by atoms with Gasteiger partial charge in [-0.25, -0.2) is 4.98 Å². The molecule has 3 rings (SSSR count). The van der Waals surface area contributed by atoms with Crippen molar-refractivity contribution in [2.24, 2.45) is 0 Å². The number of nitrogen functional groups attached to an aromatic ring is 1. The molecule has 0 saturated heterocycles. The second kappa shape index (κ2) is 8.07. The summed E-state index contributed by atoms with van der Waals surface area (Å²) in [5, 5.41) is 10.2. The Kier molecular flexibility index (Phi) is 5.57. The molecule has 6 nitrogen and oxygen atoms in total. The van der Waals surface area contributed by atoms with Crippen molar-refractivity contribution < 1.29 is 14.2 Å². The number of nitrogens with two attached hydrogens (primary N) is 1. The summed E-state index contributed by atoms with van der Waals surface area (Å²) in [5.41, 5.74) is 8.68. The van der Waals surface area contributed by atoms with Crippen LogP contribution in [0.15, 0.2) is 42.5 Å². The Balaban J connectivity index is 2.37. The number of nitrogens with zero attached hydrogens (tertiary/aromatic N) is 2. The summed E-state index contributed by atoms with van der Waals surface area (Å²) in [4.78, 5) is 4.37. The molecular weight excluding hydrogens is 378 g/mol. The molecule has 0 aliphatic rings. The molecule has 0 radical (unpaired) electrons. The Hall–Kier alpha value is -3.43. The van der Waals surface area contributed by atoms with E-state index in [-0.39, 0.29) is 11.4 Å². The van der Waals surface area contributed by atoms with Crippen molar-refractivity contribution in [1.82, 2.24) is 4.98 Å². The van der Waals surface area contributed by atoms with Gasteiger partial charge in [-0.15, -0.1) is 0 Å². The molecule has 0 bridgehead atoms. The number of aromatic nitrogens is 1. The molecule has 0 atom stereocenters. The van der Waals surface area contributed by atoms with Crippen LogP contribution in [0.25, 0.3) is 22.4 Å². The van der Waals surface area contributed by atoms with Gasteiger partial charge in [0.1, 0.15) is 34.7 Å². The Morgan fingerprint density at radius 2 is 1.61 bits per heavy atom. The molecule has 0 saturated carbocycles. The fourth-order valence-electron chi connectivity index (χ4n) is 2.96. The van der Waals surface area contributed by atoms with Gasteiger partial charge in [-0.2, -0.15) is 5.26 Å². The lowest BCUT2D eigenvalue weighted by Crippen LogP contribution is -2.02. The van der Waals surface area contributed by atoms with Gasteiger partial charge in [0, 0.05) is 28.3 Å². The molecule has 0 spiro atoms. The second-order valence-corrected chi connectivity index (χ2v) is 6.22. The molecule has 3 aromatic rings. The second-order valence-electron chi connectivity index (χ2n) is 5.81. The molecular formula is C21H18ClN3O3. The van der Waals surface area contributed by atoms with Crippen molar-refractivity contribution in [3.63, 3.8) is 0 Å². The Bertz CT molecular complexity index is 1050. The number of rotatable bonds is 5. The van der Waals surface area contributed by atoms with Gasteiger partial charge in [0.15, 0.2) is 0 Å². The van der Waals surface area contributed by atoms with E-state index in [9.17, 15) is 5.26 Å². The minimum Gasteiger partial charge on any atom is -0.496 e. The van der Waals surface area contributed by atoms with Crippen molar-refractivity contribution in [1.29, 1.82) is 5.26 Å². The highest BCUT2D eigenvalue weighted by atomic mass is 35.5. The predicted octanol–water partition coefficient (Wildman–Crippen LogP) is 4.55. The van der Waals surface area contributed by atoms with Crippen molar-refractivity contribution in [2.75, 3.05) is 27.1 Å². The molecule has 0 fully saturated rings. The van der Waals surface area contributed by atoms with Gasteiger partial charge in [0.2, 0.25) is 0 Å². The molecule has 1 heterocycles. The maximum Gasteiger partial charge on any atom is 0.142 e. The van der Waals surface area contributed by atoms with Crippen molar-refractivity contribution >= 4 is 17.4 Å². The van der Waals surface area contributed by atoms with Gasteiger partial charge in [-0.3, -0.25) is 0 Å². The predicted molar refractivity (Wildman–Crippen MR) is 109 cm³/mol. The first kappa shape index (κ1) is 19.3. The normalized spacial score (nSPS) is 10.2. The topological polar surface area (TPSA) is 90.4 Å². The van der Waals surface area contributed by atoms with Gasteiger partial charge < -0.3 is 19.9 Å². The lowest BCUT2D eigenvalue weighted by molar-refractivity contribution is 0.377. The average Bonchev–Trinajstić information content (AvgIpc) is 2.72. The Morgan fingerprint density at radius 1 is 0.964 bits per heavy atom. The zero-order chi connectivity index (χ0) is 20.3. The lowest BCUT2D eigenvalue weighted by atomic mass is 9.96. The van der Waals surface area contributed by atoms with Crippen molar-refractivity contribution in [3.8, 4) is 45.7 Å². The highest BCUT2D eigenvalue weighted by molar-refractivity contribution is 6.33. The van der Waals surface area contributed by atoms with Gasteiger partial charge in [0.05, 0.1) is 32.6 Å². The Labute approximate surface area is 168 Å². The molecule has 0 unspecified atom stereocenters. The maximum atomic E-state index is 9.70. The summed E-state index contributed by atoms with van der Waals surface area (Å²) in [6.45, 7) is 0. The smallest absolute Gasteiger partial charge is 0.142 e. The number of pyridine rings is 1. The number of hydrogen-bond acceptors (Lipinski definition) is 6. The third-order valence-electron chi connectivity index (χ3n) is 4.29. The number of anilines is 1. The minimum absolute atomic E-state index is 0.0924. The van der Waals surface area contributed by atoms with E-state index in [2.05, 4.69) is 11.1 Å². The van der Waals surface area contributed by atoms with Crippen molar-refractivity contribution in [3.05, 3.63) is 53.1 Å². The first-order chi connectivity index (χ1) is 13.5. The standard InChI is InChI=1S/C21H18ClN3O3/c1-26-12-8-18(27-2)20(19(9-12)28-3)14-10-17(25-21(24)15(14)11-23)13-6-4-5-7-16(13)22/h4-10H,1-3H3,(H2,24,25). The average molecular weight is 396 g/mol. The molecule has 1 aromatic heterocycles. The van der Waals surface area contributed by atoms with Crippen LogP contribution in [0.5, 0.6) is 17.2 Å². The quantitative estimate of drug-likeness (QED) is 0.681. The highest BCUT2D eigenvalue weighted by Gasteiger charge is 2.22. The number of hydrogen-bond donors (Lipinski definition) is 1. The van der Waals surface area contributed by atoms with Gasteiger partial charge in [0.25, 0.3) is 0 Å². The third-order valence-corrected chi connectivity index (χ3v) is 4.62. The van der Waals surface area contributed by atoms with Gasteiger partial charge >= 0.3 is 0 Å². The largest absolute Gasteiger partial charge is 0.496 e. The summed E-state index contributed by atoms with van der Waals surface area (Å²) in [5.74, 6) is 1.60. The van der Waals surface area contributed by atoms with Crippen LogP contribution in [0.3, 0.4) is 0 Å². The zero-order valence-corrected chi connectivity index (χ0v) is 16.4. The van der Waals surface area contributed by atoms with E-state index in [0.717, 1.165) is 0 Å². The zero-order valence-electron chi connectivity index (χ0n) is 15.6. The molecule has 142 valence electrons. The third kappa shape index (κ3) is 3.40. The number of benzene rings is 2.